The first-order valence-corrected chi connectivity index (χ1v) is 5.20. The summed E-state index contributed by atoms with van der Waals surface area (Å²) in [5, 5.41) is 3.60. The van der Waals surface area contributed by atoms with E-state index in [2.05, 4.69) is 15.7 Å². The van der Waals surface area contributed by atoms with E-state index in [0.717, 1.165) is 0 Å². The zero-order valence-electron chi connectivity index (χ0n) is 9.25. The Labute approximate surface area is 99.6 Å². The molecule has 88 valence electrons. The lowest BCUT2D eigenvalue weighted by Gasteiger charge is -2.12. The van der Waals surface area contributed by atoms with Gasteiger partial charge in [-0.1, -0.05) is 11.6 Å². The van der Waals surface area contributed by atoms with Crippen LogP contribution in [0.2, 0.25) is 5.02 Å². The smallest absolute Gasteiger partial charge is 0.210 e. The number of halogens is 1. The second-order valence-corrected chi connectivity index (χ2v) is 3.37. The van der Waals surface area contributed by atoms with Gasteiger partial charge in [0.05, 0.1) is 12.8 Å². The van der Waals surface area contributed by atoms with Gasteiger partial charge in [0.25, 0.3) is 0 Å². The maximum Gasteiger partial charge on any atom is 0.210 e. The summed E-state index contributed by atoms with van der Waals surface area (Å²) in [6.07, 6.45) is 0. The summed E-state index contributed by atoms with van der Waals surface area (Å²) in [7, 11) is 1.58. The number of guanidine groups is 1. The zero-order chi connectivity index (χ0) is 12.0. The summed E-state index contributed by atoms with van der Waals surface area (Å²) in [5.41, 5.74) is 3.17. The van der Waals surface area contributed by atoms with E-state index >= 15 is 0 Å². The highest BCUT2D eigenvalue weighted by Gasteiger charge is 2.05. The molecule has 1 rings (SSSR count). The number of nitrogens with two attached hydrogens (primary N) is 1. The van der Waals surface area contributed by atoms with Crippen LogP contribution in [0.25, 0.3) is 0 Å². The van der Waals surface area contributed by atoms with E-state index in [9.17, 15) is 0 Å². The van der Waals surface area contributed by atoms with Crippen LogP contribution in [0.3, 0.4) is 0 Å². The molecule has 0 saturated carbocycles. The lowest BCUT2D eigenvalue weighted by Crippen LogP contribution is -2.36. The van der Waals surface area contributed by atoms with Gasteiger partial charge >= 0.3 is 0 Å². The monoisotopic (exact) mass is 242 g/mol. The Balaban J connectivity index is 2.94. The molecular weight excluding hydrogens is 228 g/mol. The number of methoxy groups -OCH3 is 1. The molecule has 4 N–H and O–H groups in total. The van der Waals surface area contributed by atoms with E-state index < -0.39 is 0 Å². The molecule has 0 bridgehead atoms. The molecule has 1 aromatic rings. The molecule has 0 amide bonds. The highest BCUT2D eigenvalue weighted by molar-refractivity contribution is 6.31. The van der Waals surface area contributed by atoms with Gasteiger partial charge in [-0.3, -0.25) is 10.4 Å². The number of anilines is 1. The first-order valence-electron chi connectivity index (χ1n) is 4.83. The van der Waals surface area contributed by atoms with Crippen LogP contribution in [0, 0.1) is 0 Å². The van der Waals surface area contributed by atoms with Crippen LogP contribution < -0.4 is 21.3 Å². The summed E-state index contributed by atoms with van der Waals surface area (Å²) in [5.74, 6) is 6.45. The van der Waals surface area contributed by atoms with Crippen LogP contribution in [0.1, 0.15) is 6.92 Å². The van der Waals surface area contributed by atoms with Gasteiger partial charge in [-0.05, 0) is 25.1 Å². The first kappa shape index (κ1) is 12.6. The second-order valence-electron chi connectivity index (χ2n) is 2.94. The van der Waals surface area contributed by atoms with Gasteiger partial charge in [0.1, 0.15) is 5.75 Å². The van der Waals surface area contributed by atoms with Crippen molar-refractivity contribution in [3.8, 4) is 5.75 Å². The number of aliphatic imine (C=N–C) groups is 1. The Bertz CT molecular complexity index is 381. The van der Waals surface area contributed by atoms with Gasteiger partial charge in [-0.2, -0.15) is 0 Å². The van der Waals surface area contributed by atoms with Gasteiger partial charge in [0, 0.05) is 11.6 Å². The normalized spacial score (nSPS) is 11.1. The molecule has 0 radical (unpaired) electrons. The third-order valence-electron chi connectivity index (χ3n) is 1.87. The predicted octanol–water partition coefficient (Wildman–Crippen LogP) is 1.60. The number of nitrogens with one attached hydrogen (secondary N) is 2. The molecule has 16 heavy (non-hydrogen) atoms. The highest BCUT2D eigenvalue weighted by atomic mass is 35.5. The van der Waals surface area contributed by atoms with Gasteiger partial charge < -0.3 is 10.1 Å². The highest BCUT2D eigenvalue weighted by Crippen LogP contribution is 2.27. The van der Waals surface area contributed by atoms with Crippen molar-refractivity contribution < 1.29 is 4.74 Å². The van der Waals surface area contributed by atoms with Gasteiger partial charge in [0.15, 0.2) is 0 Å². The van der Waals surface area contributed by atoms with E-state index in [0.29, 0.717) is 29.0 Å². The summed E-state index contributed by atoms with van der Waals surface area (Å²) < 4.78 is 5.18. The van der Waals surface area contributed by atoms with Crippen LogP contribution in [-0.2, 0) is 0 Å². The van der Waals surface area contributed by atoms with Gasteiger partial charge in [-0.15, -0.1) is 0 Å². The van der Waals surface area contributed by atoms with Crippen molar-refractivity contribution in [2.45, 2.75) is 6.92 Å². The first-order chi connectivity index (χ1) is 7.71. The molecule has 0 saturated heterocycles. The summed E-state index contributed by atoms with van der Waals surface area (Å²) in [6, 6.07) is 5.26. The minimum Gasteiger partial charge on any atom is -0.495 e. The number of benzene rings is 1. The number of hydrazine groups is 1. The van der Waals surface area contributed by atoms with Crippen LogP contribution in [0.4, 0.5) is 5.69 Å². The molecule has 0 aliphatic carbocycles. The fourth-order valence-corrected chi connectivity index (χ4v) is 1.36. The molecule has 0 aliphatic rings. The van der Waals surface area contributed by atoms with Crippen molar-refractivity contribution in [2.75, 3.05) is 19.0 Å². The average Bonchev–Trinajstić information content (AvgIpc) is 2.29. The van der Waals surface area contributed by atoms with Crippen molar-refractivity contribution in [2.24, 2.45) is 10.8 Å². The topological polar surface area (TPSA) is 71.7 Å². The molecular formula is C10H15ClN4O. The summed E-state index contributed by atoms with van der Waals surface area (Å²) in [4.78, 5) is 4.11. The average molecular weight is 243 g/mol. The number of hydrogen-bond acceptors (Lipinski definition) is 3. The molecule has 0 aliphatic heterocycles. The van der Waals surface area contributed by atoms with Gasteiger partial charge in [-0.25, -0.2) is 5.84 Å². The van der Waals surface area contributed by atoms with Gasteiger partial charge in [0.2, 0.25) is 5.96 Å². The molecule has 0 heterocycles. The van der Waals surface area contributed by atoms with Crippen LogP contribution in [0.15, 0.2) is 23.2 Å². The number of rotatable bonds is 3. The summed E-state index contributed by atoms with van der Waals surface area (Å²) in [6.45, 7) is 2.53. The molecule has 0 atom stereocenters. The van der Waals surface area contributed by atoms with Crippen LogP contribution in [0.5, 0.6) is 5.75 Å². The molecule has 0 aromatic heterocycles. The Kier molecular flexibility index (Phi) is 4.88. The third kappa shape index (κ3) is 3.29. The Hall–Kier alpha value is -1.46. The fourth-order valence-electron chi connectivity index (χ4n) is 1.18. The van der Waals surface area contributed by atoms with Crippen LogP contribution >= 0.6 is 11.6 Å². The fraction of sp³-hybridized carbons (Fsp3) is 0.300. The van der Waals surface area contributed by atoms with E-state index in [1.54, 1.807) is 25.3 Å². The standard InChI is InChI=1S/C10H15ClN4O/c1-3-13-10(15-12)14-8-6-7(11)4-5-9(8)16-2/h4-6H,3,12H2,1-2H3,(H2,13,14,15). The van der Waals surface area contributed by atoms with E-state index in [1.165, 1.54) is 0 Å². The minimum atomic E-state index is 0.461. The minimum absolute atomic E-state index is 0.461. The van der Waals surface area contributed by atoms with Crippen molar-refractivity contribution in [1.29, 1.82) is 0 Å². The number of hydrogen-bond donors (Lipinski definition) is 3. The molecule has 0 fully saturated rings. The molecule has 6 heteroatoms. The largest absolute Gasteiger partial charge is 0.495 e. The Morgan fingerprint density at radius 2 is 2.31 bits per heavy atom. The van der Waals surface area contributed by atoms with Crippen LogP contribution in [-0.4, -0.2) is 19.6 Å². The van der Waals surface area contributed by atoms with Crippen molar-refractivity contribution in [1.82, 2.24) is 5.43 Å². The second kappa shape index (κ2) is 6.19. The van der Waals surface area contributed by atoms with Crippen molar-refractivity contribution in [3.05, 3.63) is 23.2 Å². The number of nitrogens with zero attached hydrogens (tertiary/aromatic N) is 1. The Morgan fingerprint density at radius 1 is 1.56 bits per heavy atom. The quantitative estimate of drug-likeness (QED) is 0.326. The summed E-state index contributed by atoms with van der Waals surface area (Å²) >= 11 is 5.89. The van der Waals surface area contributed by atoms with Crippen molar-refractivity contribution >= 4 is 23.2 Å². The van der Waals surface area contributed by atoms with E-state index in [-0.39, 0.29) is 0 Å². The predicted molar refractivity (Wildman–Crippen MR) is 66.9 cm³/mol. The molecule has 0 unspecified atom stereocenters. The molecule has 1 aromatic carbocycles. The maximum absolute atomic E-state index is 5.89. The maximum atomic E-state index is 5.89. The van der Waals surface area contributed by atoms with E-state index in [4.69, 9.17) is 22.2 Å². The van der Waals surface area contributed by atoms with Crippen molar-refractivity contribution in [3.63, 3.8) is 0 Å². The molecule has 0 spiro atoms. The lowest BCUT2D eigenvalue weighted by atomic mass is 10.3. The zero-order valence-corrected chi connectivity index (χ0v) is 10.0. The SMILES string of the molecule is CCN=C(NN)Nc1cc(Cl)ccc1OC. The molecule has 5 nitrogen and oxygen atoms in total. The lowest BCUT2D eigenvalue weighted by molar-refractivity contribution is 0.417. The third-order valence-corrected chi connectivity index (χ3v) is 2.10. The van der Waals surface area contributed by atoms with E-state index in [1.807, 2.05) is 6.92 Å². The Morgan fingerprint density at radius 3 is 2.88 bits per heavy atom. The number of ether oxygens (including phenoxy) is 1.